The van der Waals surface area contributed by atoms with Gasteiger partial charge in [-0.15, -0.1) is 5.10 Å². The van der Waals surface area contributed by atoms with E-state index in [0.29, 0.717) is 5.69 Å². The van der Waals surface area contributed by atoms with Crippen LogP contribution < -0.4 is 5.73 Å². The summed E-state index contributed by atoms with van der Waals surface area (Å²) in [6.45, 7) is 2.17. The third-order valence-corrected chi connectivity index (χ3v) is 5.40. The molecule has 10 nitrogen and oxygen atoms in total. The standard InChI is InChI=1S/C21H34N4O6/c1-2-3-4-5-6-7-8-9-14-25-15-17(23-24-25)12-13-20(22,16-26)21(29)30-18(27)10-11-19(28)31-21/h10-11,15,26,29H,2-9,12-14,16,22H2,1H3. The number of aryl methyl sites for hydroxylation is 2. The molecule has 1 aromatic heterocycles. The number of cyclic esters (lactones) is 2. The minimum absolute atomic E-state index is 0.0724. The van der Waals surface area contributed by atoms with Crippen molar-refractivity contribution in [3.8, 4) is 0 Å². The molecular weight excluding hydrogens is 404 g/mol. The van der Waals surface area contributed by atoms with Crippen molar-refractivity contribution in [2.45, 2.75) is 89.2 Å². The van der Waals surface area contributed by atoms with Crippen molar-refractivity contribution >= 4 is 11.9 Å². The van der Waals surface area contributed by atoms with E-state index in [2.05, 4.69) is 17.2 Å². The molecule has 0 amide bonds. The van der Waals surface area contributed by atoms with Gasteiger partial charge < -0.3 is 25.4 Å². The molecule has 10 heteroatoms. The fraction of sp³-hybridized carbons (Fsp3) is 0.714. The number of hydrogen-bond acceptors (Lipinski definition) is 9. The van der Waals surface area contributed by atoms with Crippen LogP contribution in [0.5, 0.6) is 0 Å². The van der Waals surface area contributed by atoms with E-state index >= 15 is 0 Å². The molecule has 1 atom stereocenters. The number of aliphatic hydroxyl groups excluding tert-OH is 1. The zero-order chi connectivity index (χ0) is 22.7. The number of nitrogens with zero attached hydrogens (tertiary/aromatic N) is 3. The van der Waals surface area contributed by atoms with E-state index in [9.17, 15) is 19.8 Å². The van der Waals surface area contributed by atoms with E-state index in [-0.39, 0.29) is 12.8 Å². The maximum absolute atomic E-state index is 11.6. The Bertz CT molecular complexity index is 730. The normalized spacial score (nSPS) is 17.7. The maximum atomic E-state index is 11.6. The number of ether oxygens (including phenoxy) is 2. The third kappa shape index (κ3) is 7.41. The Morgan fingerprint density at radius 3 is 2.23 bits per heavy atom. The molecule has 0 bridgehead atoms. The van der Waals surface area contributed by atoms with Gasteiger partial charge in [0, 0.05) is 24.9 Å². The topological polar surface area (TPSA) is 150 Å². The van der Waals surface area contributed by atoms with Crippen LogP contribution in [0.25, 0.3) is 0 Å². The van der Waals surface area contributed by atoms with Crippen LogP contribution in [0.3, 0.4) is 0 Å². The van der Waals surface area contributed by atoms with Gasteiger partial charge >= 0.3 is 17.9 Å². The Labute approximate surface area is 182 Å². The SMILES string of the molecule is CCCCCCCCCCn1cc(CCC(N)(CO)C2(O)OC(=O)C=CC(=O)O2)nn1. The second kappa shape index (κ2) is 11.9. The van der Waals surface area contributed by atoms with Crippen molar-refractivity contribution in [3.63, 3.8) is 0 Å². The van der Waals surface area contributed by atoms with Crippen molar-refractivity contribution in [2.24, 2.45) is 5.73 Å². The summed E-state index contributed by atoms with van der Waals surface area (Å²) in [5.74, 6) is -4.81. The quantitative estimate of drug-likeness (QED) is 0.289. The molecule has 0 radical (unpaired) electrons. The van der Waals surface area contributed by atoms with Crippen LogP contribution in [0.15, 0.2) is 18.3 Å². The van der Waals surface area contributed by atoms with Gasteiger partial charge in [-0.1, -0.05) is 57.1 Å². The number of hydrogen-bond donors (Lipinski definition) is 3. The van der Waals surface area contributed by atoms with Crippen LogP contribution in [0, 0.1) is 0 Å². The van der Waals surface area contributed by atoms with Gasteiger partial charge in [0.2, 0.25) is 0 Å². The number of carbonyl (C=O) groups excluding carboxylic acids is 2. The molecular formula is C21H34N4O6. The number of unbranched alkanes of at least 4 members (excludes halogenated alkanes) is 7. The monoisotopic (exact) mass is 438 g/mol. The summed E-state index contributed by atoms with van der Waals surface area (Å²) < 4.78 is 11.3. The minimum Gasteiger partial charge on any atom is -0.394 e. The van der Waals surface area contributed by atoms with Crippen LogP contribution >= 0.6 is 0 Å². The second-order valence-corrected chi connectivity index (χ2v) is 8.02. The van der Waals surface area contributed by atoms with Gasteiger partial charge in [0.05, 0.1) is 12.3 Å². The minimum atomic E-state index is -2.80. The highest BCUT2D eigenvalue weighted by Crippen LogP contribution is 2.29. The van der Waals surface area contributed by atoms with Gasteiger partial charge in [-0.3, -0.25) is 4.68 Å². The van der Waals surface area contributed by atoms with Crippen molar-refractivity contribution < 1.29 is 29.3 Å². The molecule has 0 spiro atoms. The lowest BCUT2D eigenvalue weighted by atomic mass is 9.91. The van der Waals surface area contributed by atoms with Gasteiger partial charge in [-0.05, 0) is 19.3 Å². The van der Waals surface area contributed by atoms with Gasteiger partial charge in [-0.25, -0.2) is 9.59 Å². The fourth-order valence-electron chi connectivity index (χ4n) is 3.36. The smallest absolute Gasteiger partial charge is 0.394 e. The van der Waals surface area contributed by atoms with Crippen molar-refractivity contribution in [2.75, 3.05) is 6.61 Å². The largest absolute Gasteiger partial charge is 0.395 e. The van der Waals surface area contributed by atoms with E-state index in [1.807, 2.05) is 0 Å². The van der Waals surface area contributed by atoms with Gasteiger partial charge in [0.15, 0.2) is 0 Å². The number of rotatable bonds is 14. The lowest BCUT2D eigenvalue weighted by Crippen LogP contribution is -2.66. The van der Waals surface area contributed by atoms with Crippen molar-refractivity contribution in [1.29, 1.82) is 0 Å². The molecule has 0 fully saturated rings. The predicted octanol–water partition coefficient (Wildman–Crippen LogP) is 1.34. The van der Waals surface area contributed by atoms with E-state index in [1.165, 1.54) is 38.5 Å². The summed E-state index contributed by atoms with van der Waals surface area (Å²) in [7, 11) is 0. The number of aromatic nitrogens is 3. The number of esters is 2. The molecule has 1 aromatic rings. The van der Waals surface area contributed by atoms with Gasteiger partial charge in [0.1, 0.15) is 5.54 Å². The first-order valence-corrected chi connectivity index (χ1v) is 11.0. The molecule has 31 heavy (non-hydrogen) atoms. The lowest BCUT2D eigenvalue weighted by molar-refractivity contribution is -0.355. The van der Waals surface area contributed by atoms with E-state index in [4.69, 9.17) is 15.2 Å². The van der Waals surface area contributed by atoms with E-state index in [1.54, 1.807) is 10.9 Å². The van der Waals surface area contributed by atoms with Crippen molar-refractivity contribution in [1.82, 2.24) is 15.0 Å². The van der Waals surface area contributed by atoms with Crippen molar-refractivity contribution in [3.05, 3.63) is 24.0 Å². The van der Waals surface area contributed by atoms with Gasteiger partial charge in [-0.2, -0.15) is 0 Å². The Morgan fingerprint density at radius 1 is 1.06 bits per heavy atom. The molecule has 0 saturated carbocycles. The molecule has 2 rings (SSSR count). The summed E-state index contributed by atoms with van der Waals surface area (Å²) in [5, 5.41) is 28.5. The number of nitrogens with two attached hydrogens (primary N) is 1. The summed E-state index contributed by atoms with van der Waals surface area (Å²) in [6, 6.07) is 0. The summed E-state index contributed by atoms with van der Waals surface area (Å²) >= 11 is 0. The average molecular weight is 439 g/mol. The highest BCUT2D eigenvalue weighted by Gasteiger charge is 2.55. The van der Waals surface area contributed by atoms with E-state index < -0.39 is 30.1 Å². The van der Waals surface area contributed by atoms with Gasteiger partial charge in [0.25, 0.3) is 0 Å². The molecule has 1 aliphatic heterocycles. The second-order valence-electron chi connectivity index (χ2n) is 8.02. The first-order chi connectivity index (χ1) is 14.8. The highest BCUT2D eigenvalue weighted by atomic mass is 16.8. The Morgan fingerprint density at radius 2 is 1.65 bits per heavy atom. The number of carbonyl (C=O) groups is 2. The van der Waals surface area contributed by atoms with Crippen LogP contribution in [-0.4, -0.2) is 55.3 Å². The summed E-state index contributed by atoms with van der Waals surface area (Å²) in [6.07, 6.45) is 13.3. The molecule has 1 unspecified atom stereocenters. The molecule has 0 aliphatic carbocycles. The van der Waals surface area contributed by atoms with Crippen LogP contribution in [0.4, 0.5) is 0 Å². The maximum Gasteiger partial charge on any atom is 0.395 e. The highest BCUT2D eigenvalue weighted by molar-refractivity contribution is 5.93. The third-order valence-electron chi connectivity index (χ3n) is 5.40. The Balaban J connectivity index is 1.81. The molecule has 0 aromatic carbocycles. The molecule has 174 valence electrons. The van der Waals surface area contributed by atoms with E-state index in [0.717, 1.165) is 31.5 Å². The Hall–Kier alpha value is -2.30. The first kappa shape index (κ1) is 25.0. The predicted molar refractivity (Wildman–Crippen MR) is 111 cm³/mol. The molecule has 2 heterocycles. The zero-order valence-electron chi connectivity index (χ0n) is 18.2. The zero-order valence-corrected chi connectivity index (χ0v) is 18.2. The van der Waals surface area contributed by atoms with Crippen LogP contribution in [-0.2, 0) is 32.0 Å². The number of aliphatic hydroxyl groups is 2. The molecule has 0 saturated heterocycles. The average Bonchev–Trinajstić information content (AvgIpc) is 3.14. The summed E-state index contributed by atoms with van der Waals surface area (Å²) in [4.78, 5) is 23.3. The van der Waals surface area contributed by atoms with Crippen LogP contribution in [0.2, 0.25) is 0 Å². The molecule has 4 N–H and O–H groups in total. The first-order valence-electron chi connectivity index (χ1n) is 11.0. The summed E-state index contributed by atoms with van der Waals surface area (Å²) in [5.41, 5.74) is 4.73. The Kier molecular flexibility index (Phi) is 9.60. The van der Waals surface area contributed by atoms with Crippen LogP contribution in [0.1, 0.15) is 70.4 Å². The molecule has 1 aliphatic rings. The fourth-order valence-corrected chi connectivity index (χ4v) is 3.36. The lowest BCUT2D eigenvalue weighted by Gasteiger charge is -2.39.